The lowest BCUT2D eigenvalue weighted by atomic mass is 9.83. The molecule has 40 heavy (non-hydrogen) atoms. The highest BCUT2D eigenvalue weighted by molar-refractivity contribution is 6.30. The lowest BCUT2D eigenvalue weighted by molar-refractivity contribution is 0.0342. The third kappa shape index (κ3) is 5.53. The van der Waals surface area contributed by atoms with E-state index in [1.54, 1.807) is 18.5 Å². The van der Waals surface area contributed by atoms with Gasteiger partial charge in [-0.3, -0.25) is 9.55 Å². The van der Waals surface area contributed by atoms with Gasteiger partial charge in [0.25, 0.3) is 5.89 Å². The Labute approximate surface area is 236 Å². The number of halogens is 1. The van der Waals surface area contributed by atoms with E-state index in [2.05, 4.69) is 50.8 Å². The number of nitrogens with one attached hydrogen (secondary N) is 1. The number of hydrogen-bond acceptors (Lipinski definition) is 9. The zero-order valence-corrected chi connectivity index (χ0v) is 23.5. The Bertz CT molecular complexity index is 1570. The number of aromatic amines is 1. The van der Waals surface area contributed by atoms with Crippen molar-refractivity contribution in [3.8, 4) is 23.0 Å². The number of imidazole rings is 1. The summed E-state index contributed by atoms with van der Waals surface area (Å²) in [6.45, 7) is 6.56. The summed E-state index contributed by atoms with van der Waals surface area (Å²) in [7, 11) is 0. The Morgan fingerprint density at radius 2 is 2.02 bits per heavy atom. The molecule has 11 nitrogen and oxygen atoms in total. The molecule has 0 aromatic carbocycles. The van der Waals surface area contributed by atoms with E-state index in [0.717, 1.165) is 36.8 Å². The SMILES string of the molecule is CCCC1CN(c2nc3nc(-c4n[nH]c(=O)o4)nc(-c4cncc(Cl)c4)c3n2C=CC2CCC(C)CC2)CCO1. The van der Waals surface area contributed by atoms with Crippen LogP contribution in [0, 0.1) is 11.8 Å². The standard InChI is InChI=1S/C28H33ClN8O3/c1-3-4-21-16-36(11-12-39-21)27-33-24-23(37(27)10-9-18-7-5-17(2)6-8-18)22(19-13-20(29)15-30-14-19)31-25(32-24)26-34-35-28(38)40-26/h9-10,13-15,17-18,21H,3-8,11-12,16H2,1-2H3,(H,35,38). The van der Waals surface area contributed by atoms with E-state index in [-0.39, 0.29) is 17.8 Å². The Morgan fingerprint density at radius 1 is 1.18 bits per heavy atom. The minimum atomic E-state index is -0.684. The van der Waals surface area contributed by atoms with Crippen LogP contribution < -0.4 is 10.7 Å². The first-order valence-corrected chi connectivity index (χ1v) is 14.4. The number of anilines is 1. The summed E-state index contributed by atoms with van der Waals surface area (Å²) in [5.74, 6) is 1.48. The molecule has 210 valence electrons. The van der Waals surface area contributed by atoms with Gasteiger partial charge >= 0.3 is 5.76 Å². The van der Waals surface area contributed by atoms with Crippen LogP contribution in [0.25, 0.3) is 40.3 Å². The van der Waals surface area contributed by atoms with Crippen molar-refractivity contribution in [3.63, 3.8) is 0 Å². The van der Waals surface area contributed by atoms with Gasteiger partial charge in [0.15, 0.2) is 5.65 Å². The predicted octanol–water partition coefficient (Wildman–Crippen LogP) is 5.19. The van der Waals surface area contributed by atoms with E-state index < -0.39 is 5.76 Å². The van der Waals surface area contributed by atoms with E-state index in [9.17, 15) is 4.79 Å². The molecule has 0 bridgehead atoms. The van der Waals surface area contributed by atoms with Crippen LogP contribution in [0.2, 0.25) is 5.02 Å². The molecule has 5 heterocycles. The molecule has 0 radical (unpaired) electrons. The number of aromatic nitrogens is 7. The number of H-pyrrole nitrogens is 1. The highest BCUT2D eigenvalue weighted by Gasteiger charge is 2.28. The number of ether oxygens (including phenoxy) is 1. The van der Waals surface area contributed by atoms with E-state index in [0.29, 0.717) is 41.0 Å². The van der Waals surface area contributed by atoms with Crippen LogP contribution in [-0.2, 0) is 4.74 Å². The van der Waals surface area contributed by atoms with E-state index in [1.807, 2.05) is 0 Å². The molecule has 1 atom stereocenters. The van der Waals surface area contributed by atoms with Gasteiger partial charge in [-0.15, -0.1) is 5.10 Å². The minimum absolute atomic E-state index is 0.0134. The average Bonchev–Trinajstić information content (AvgIpc) is 3.56. The molecule has 4 aromatic heterocycles. The molecule has 0 amide bonds. The zero-order chi connectivity index (χ0) is 27.6. The molecule has 1 saturated heterocycles. The molecule has 1 aliphatic carbocycles. The van der Waals surface area contributed by atoms with E-state index in [1.165, 1.54) is 25.7 Å². The number of pyridine rings is 1. The molecule has 12 heteroatoms. The van der Waals surface area contributed by atoms with Crippen molar-refractivity contribution in [3.05, 3.63) is 40.1 Å². The first kappa shape index (κ1) is 26.6. The van der Waals surface area contributed by atoms with Crippen molar-refractivity contribution >= 4 is 34.9 Å². The Balaban J connectivity index is 1.54. The average molecular weight is 565 g/mol. The van der Waals surface area contributed by atoms with Crippen LogP contribution in [0.5, 0.6) is 0 Å². The van der Waals surface area contributed by atoms with Crippen LogP contribution in [0.1, 0.15) is 52.4 Å². The summed E-state index contributed by atoms with van der Waals surface area (Å²) < 4.78 is 13.3. The second kappa shape index (κ2) is 11.5. The first-order valence-electron chi connectivity index (χ1n) is 14.0. The van der Waals surface area contributed by atoms with Crippen molar-refractivity contribution < 1.29 is 9.15 Å². The number of morpholine rings is 1. The lowest BCUT2D eigenvalue weighted by Crippen LogP contribution is -2.43. The number of hydrogen-bond donors (Lipinski definition) is 1. The lowest BCUT2D eigenvalue weighted by Gasteiger charge is -2.33. The molecule has 1 unspecified atom stereocenters. The summed E-state index contributed by atoms with van der Waals surface area (Å²) >= 11 is 6.35. The molecule has 2 aliphatic rings. The van der Waals surface area contributed by atoms with Crippen molar-refractivity contribution in [2.24, 2.45) is 11.8 Å². The van der Waals surface area contributed by atoms with Gasteiger partial charge in [-0.05, 0) is 37.2 Å². The smallest absolute Gasteiger partial charge is 0.384 e. The minimum Gasteiger partial charge on any atom is -0.384 e. The summed E-state index contributed by atoms with van der Waals surface area (Å²) in [5.41, 5.74) is 2.44. The molecule has 1 N–H and O–H groups in total. The normalized spacial score (nSPS) is 22.0. The Kier molecular flexibility index (Phi) is 7.66. The molecule has 4 aromatic rings. The highest BCUT2D eigenvalue weighted by Crippen LogP contribution is 2.35. The maximum absolute atomic E-state index is 11.7. The topological polar surface area (TPSA) is 128 Å². The third-order valence-electron chi connectivity index (χ3n) is 7.74. The molecule has 6 rings (SSSR count). The largest absolute Gasteiger partial charge is 0.434 e. The fraction of sp³-hybridized carbons (Fsp3) is 0.500. The van der Waals surface area contributed by atoms with E-state index >= 15 is 0 Å². The molecule has 2 fully saturated rings. The van der Waals surface area contributed by atoms with Gasteiger partial charge in [-0.25, -0.2) is 19.9 Å². The molecule has 1 saturated carbocycles. The second-order valence-electron chi connectivity index (χ2n) is 10.7. The summed E-state index contributed by atoms with van der Waals surface area (Å²) in [6, 6.07) is 1.80. The van der Waals surface area contributed by atoms with Gasteiger partial charge in [0, 0.05) is 37.2 Å². The number of allylic oxidation sites excluding steroid dienone is 1. The number of rotatable bonds is 7. The summed E-state index contributed by atoms with van der Waals surface area (Å²) in [6.07, 6.45) is 14.6. The van der Waals surface area contributed by atoms with Crippen LogP contribution in [0.4, 0.5) is 5.95 Å². The highest BCUT2D eigenvalue weighted by atomic mass is 35.5. The van der Waals surface area contributed by atoms with Gasteiger partial charge in [0.05, 0.1) is 17.7 Å². The number of fused-ring (bicyclic) bond motifs is 1. The Hall–Kier alpha value is -3.57. The van der Waals surface area contributed by atoms with Crippen LogP contribution in [0.3, 0.4) is 0 Å². The van der Waals surface area contributed by atoms with Crippen LogP contribution in [0.15, 0.2) is 33.7 Å². The van der Waals surface area contributed by atoms with Gasteiger partial charge < -0.3 is 14.1 Å². The monoisotopic (exact) mass is 564 g/mol. The van der Waals surface area contributed by atoms with Gasteiger partial charge in [0.1, 0.15) is 11.2 Å². The maximum atomic E-state index is 11.7. The zero-order valence-electron chi connectivity index (χ0n) is 22.7. The number of nitrogens with zero attached hydrogens (tertiary/aromatic N) is 7. The fourth-order valence-corrected chi connectivity index (χ4v) is 5.78. The van der Waals surface area contributed by atoms with Crippen LogP contribution >= 0.6 is 11.6 Å². The van der Waals surface area contributed by atoms with Gasteiger partial charge in [-0.2, -0.15) is 4.98 Å². The maximum Gasteiger partial charge on any atom is 0.434 e. The van der Waals surface area contributed by atoms with Crippen molar-refractivity contribution in [1.82, 2.24) is 34.7 Å². The van der Waals surface area contributed by atoms with Crippen molar-refractivity contribution in [1.29, 1.82) is 0 Å². The van der Waals surface area contributed by atoms with Crippen molar-refractivity contribution in [2.75, 3.05) is 24.6 Å². The molecular formula is C28H33ClN8O3. The summed E-state index contributed by atoms with van der Waals surface area (Å²) in [4.78, 5) is 32.8. The van der Waals surface area contributed by atoms with Gasteiger partial charge in [-0.1, -0.05) is 50.8 Å². The molecule has 1 aliphatic heterocycles. The van der Waals surface area contributed by atoms with Crippen LogP contribution in [-0.4, -0.2) is 60.5 Å². The molecular weight excluding hydrogens is 532 g/mol. The predicted molar refractivity (Wildman–Crippen MR) is 153 cm³/mol. The Morgan fingerprint density at radius 3 is 2.77 bits per heavy atom. The third-order valence-corrected chi connectivity index (χ3v) is 7.94. The summed E-state index contributed by atoms with van der Waals surface area (Å²) in [5, 5.41) is 6.71. The van der Waals surface area contributed by atoms with Gasteiger partial charge in [0.2, 0.25) is 11.8 Å². The van der Waals surface area contributed by atoms with Crippen molar-refractivity contribution in [2.45, 2.75) is 58.5 Å². The quantitative estimate of drug-likeness (QED) is 0.322. The molecule has 0 spiro atoms. The fourth-order valence-electron chi connectivity index (χ4n) is 5.60. The second-order valence-corrected chi connectivity index (χ2v) is 11.2. The first-order chi connectivity index (χ1) is 19.5. The van der Waals surface area contributed by atoms with E-state index in [4.69, 9.17) is 35.7 Å².